The standard InChI is InChI=1S/C19H26N6O.ClH/c1-25-10-13(7-21-25)15-8-20-9-16(15)19(26)22-18-6-17(23-24-18)14-5-11-2-3-12(14)4-11;/h6-7,10-12,14-16,20H,2-5,8-9H2,1H3,(H2,22,23,24,26);1H/t11?,12?,14?,15-,16+;/m1./s1. The molecule has 2 aromatic heterocycles. The summed E-state index contributed by atoms with van der Waals surface area (Å²) in [5.74, 6) is 3.06. The topological polar surface area (TPSA) is 87.6 Å². The second kappa shape index (κ2) is 7.28. The fourth-order valence-corrected chi connectivity index (χ4v) is 5.37. The molecule has 0 radical (unpaired) electrons. The highest BCUT2D eigenvalue weighted by Gasteiger charge is 2.41. The van der Waals surface area contributed by atoms with Gasteiger partial charge in [0.05, 0.1) is 12.1 Å². The Morgan fingerprint density at radius 2 is 2.15 bits per heavy atom. The lowest BCUT2D eigenvalue weighted by molar-refractivity contribution is -0.119. The van der Waals surface area contributed by atoms with E-state index in [1.54, 1.807) is 4.68 Å². The molecule has 0 aromatic carbocycles. The molecule has 1 saturated heterocycles. The third kappa shape index (κ3) is 3.38. The number of hydrogen-bond donors (Lipinski definition) is 3. The van der Waals surface area contributed by atoms with Crippen molar-refractivity contribution in [1.82, 2.24) is 25.3 Å². The first kappa shape index (κ1) is 18.5. The summed E-state index contributed by atoms with van der Waals surface area (Å²) in [5.41, 5.74) is 2.31. The molecule has 8 heteroatoms. The van der Waals surface area contributed by atoms with Crippen LogP contribution < -0.4 is 10.6 Å². The van der Waals surface area contributed by atoms with Crippen molar-refractivity contribution in [2.75, 3.05) is 18.4 Å². The van der Waals surface area contributed by atoms with Gasteiger partial charge in [-0.2, -0.15) is 10.2 Å². The molecule has 1 aliphatic heterocycles. The van der Waals surface area contributed by atoms with Crippen molar-refractivity contribution in [3.05, 3.63) is 29.7 Å². The van der Waals surface area contributed by atoms with Gasteiger partial charge < -0.3 is 10.6 Å². The van der Waals surface area contributed by atoms with Gasteiger partial charge in [0.15, 0.2) is 5.82 Å². The monoisotopic (exact) mass is 390 g/mol. The minimum atomic E-state index is -0.0955. The number of aromatic nitrogens is 4. The van der Waals surface area contributed by atoms with Crippen molar-refractivity contribution >= 4 is 24.1 Å². The molecule has 0 spiro atoms. The maximum Gasteiger partial charge on any atom is 0.230 e. The number of hydrogen-bond acceptors (Lipinski definition) is 4. The van der Waals surface area contributed by atoms with E-state index in [1.165, 1.54) is 31.4 Å². The van der Waals surface area contributed by atoms with Gasteiger partial charge in [-0.15, -0.1) is 12.4 Å². The number of carbonyl (C=O) groups is 1. The summed E-state index contributed by atoms with van der Waals surface area (Å²) in [5, 5.41) is 18.2. The second-order valence-electron chi connectivity index (χ2n) is 8.30. The van der Waals surface area contributed by atoms with Crippen LogP contribution in [-0.4, -0.2) is 39.0 Å². The number of nitrogens with zero attached hydrogens (tertiary/aromatic N) is 3. The summed E-state index contributed by atoms with van der Waals surface area (Å²) in [4.78, 5) is 12.8. The van der Waals surface area contributed by atoms with Crippen molar-refractivity contribution in [3.8, 4) is 0 Å². The van der Waals surface area contributed by atoms with E-state index in [9.17, 15) is 4.79 Å². The Kier molecular flexibility index (Phi) is 4.99. The smallest absolute Gasteiger partial charge is 0.230 e. The Hall–Kier alpha value is -1.86. The molecule has 3 aliphatic rings. The van der Waals surface area contributed by atoms with Gasteiger partial charge in [0, 0.05) is 49.9 Å². The molecule has 2 aromatic rings. The zero-order valence-corrected chi connectivity index (χ0v) is 16.3. The molecule has 3 heterocycles. The van der Waals surface area contributed by atoms with E-state index < -0.39 is 0 Å². The van der Waals surface area contributed by atoms with E-state index in [0.717, 1.165) is 23.9 Å². The Bertz CT molecular complexity index is 817. The summed E-state index contributed by atoms with van der Waals surface area (Å²) < 4.78 is 1.79. The average Bonchev–Trinajstić information content (AvgIpc) is 3.42. The maximum absolute atomic E-state index is 12.8. The summed E-state index contributed by atoms with van der Waals surface area (Å²) in [6.45, 7) is 1.50. The zero-order chi connectivity index (χ0) is 17.7. The predicted octanol–water partition coefficient (Wildman–Crippen LogP) is 2.41. The highest BCUT2D eigenvalue weighted by molar-refractivity contribution is 5.92. The molecule has 3 N–H and O–H groups in total. The van der Waals surface area contributed by atoms with Crippen LogP contribution in [0.2, 0.25) is 0 Å². The molecule has 3 fully saturated rings. The van der Waals surface area contributed by atoms with Gasteiger partial charge in [-0.1, -0.05) is 6.42 Å². The summed E-state index contributed by atoms with van der Waals surface area (Å²) in [7, 11) is 1.90. The third-order valence-corrected chi connectivity index (χ3v) is 6.69. The number of amides is 1. The van der Waals surface area contributed by atoms with E-state index in [2.05, 4.69) is 25.9 Å². The van der Waals surface area contributed by atoms with Gasteiger partial charge in [0.1, 0.15) is 0 Å². The largest absolute Gasteiger partial charge is 0.315 e. The first-order valence-corrected chi connectivity index (χ1v) is 9.73. The number of carbonyl (C=O) groups excluding carboxylic acids is 1. The number of H-pyrrole nitrogens is 1. The summed E-state index contributed by atoms with van der Waals surface area (Å²) >= 11 is 0. The SMILES string of the molecule is Cl.Cn1cc([C@H]2CNC[C@@H]2C(=O)Nc2cc(C3CC4CCC3C4)[nH]n2)cn1. The number of nitrogens with one attached hydrogen (secondary N) is 3. The van der Waals surface area contributed by atoms with Crippen molar-refractivity contribution in [2.24, 2.45) is 24.8 Å². The Morgan fingerprint density at radius 1 is 1.26 bits per heavy atom. The van der Waals surface area contributed by atoms with Crippen LogP contribution in [-0.2, 0) is 11.8 Å². The van der Waals surface area contributed by atoms with E-state index in [1.807, 2.05) is 25.5 Å². The first-order chi connectivity index (χ1) is 12.7. The Balaban J connectivity index is 0.00000180. The molecule has 5 atom stereocenters. The van der Waals surface area contributed by atoms with Gasteiger partial charge in [-0.25, -0.2) is 0 Å². The maximum atomic E-state index is 12.8. The molecule has 5 rings (SSSR count). The predicted molar refractivity (Wildman–Crippen MR) is 105 cm³/mol. The van der Waals surface area contributed by atoms with Gasteiger partial charge in [-0.05, 0) is 36.7 Å². The molecular weight excluding hydrogens is 364 g/mol. The lowest BCUT2D eigenvalue weighted by atomic mass is 9.86. The van der Waals surface area contributed by atoms with Crippen LogP contribution in [0.15, 0.2) is 18.5 Å². The summed E-state index contributed by atoms with van der Waals surface area (Å²) in [6.07, 6.45) is 9.24. The molecule has 1 amide bonds. The van der Waals surface area contributed by atoms with Crippen LogP contribution in [0.25, 0.3) is 0 Å². The normalized spacial score (nSPS) is 31.8. The number of rotatable bonds is 4. The second-order valence-corrected chi connectivity index (χ2v) is 8.30. The van der Waals surface area contributed by atoms with E-state index in [4.69, 9.17) is 0 Å². The van der Waals surface area contributed by atoms with Gasteiger partial charge in [0.2, 0.25) is 5.91 Å². The van der Waals surface area contributed by atoms with Crippen molar-refractivity contribution in [1.29, 1.82) is 0 Å². The molecular formula is C19H27ClN6O. The van der Waals surface area contributed by atoms with Crippen LogP contribution in [0, 0.1) is 17.8 Å². The van der Waals surface area contributed by atoms with E-state index >= 15 is 0 Å². The first-order valence-electron chi connectivity index (χ1n) is 9.73. The quantitative estimate of drug-likeness (QED) is 0.748. The Morgan fingerprint density at radius 3 is 2.85 bits per heavy atom. The van der Waals surface area contributed by atoms with Gasteiger partial charge in [0.25, 0.3) is 0 Å². The third-order valence-electron chi connectivity index (χ3n) is 6.69. The van der Waals surface area contributed by atoms with Crippen LogP contribution in [0.1, 0.15) is 48.8 Å². The van der Waals surface area contributed by atoms with Crippen LogP contribution in [0.3, 0.4) is 0 Å². The van der Waals surface area contributed by atoms with Crippen LogP contribution >= 0.6 is 12.4 Å². The van der Waals surface area contributed by atoms with E-state index in [0.29, 0.717) is 18.3 Å². The molecule has 2 bridgehead atoms. The molecule has 2 aliphatic carbocycles. The number of halogens is 1. The molecule has 146 valence electrons. The Labute approximate surface area is 165 Å². The number of anilines is 1. The fraction of sp³-hybridized carbons (Fsp3) is 0.632. The fourth-order valence-electron chi connectivity index (χ4n) is 5.37. The minimum Gasteiger partial charge on any atom is -0.315 e. The van der Waals surface area contributed by atoms with E-state index in [-0.39, 0.29) is 30.2 Å². The van der Waals surface area contributed by atoms with Crippen LogP contribution in [0.5, 0.6) is 0 Å². The highest BCUT2D eigenvalue weighted by Crippen LogP contribution is 2.52. The molecule has 27 heavy (non-hydrogen) atoms. The van der Waals surface area contributed by atoms with Gasteiger partial charge >= 0.3 is 0 Å². The molecule has 2 saturated carbocycles. The highest BCUT2D eigenvalue weighted by atomic mass is 35.5. The molecule has 3 unspecified atom stereocenters. The summed E-state index contributed by atoms with van der Waals surface area (Å²) in [6, 6.07) is 2.05. The van der Waals surface area contributed by atoms with Crippen molar-refractivity contribution in [3.63, 3.8) is 0 Å². The molecule has 7 nitrogen and oxygen atoms in total. The van der Waals surface area contributed by atoms with Gasteiger partial charge in [-0.3, -0.25) is 14.6 Å². The lowest BCUT2D eigenvalue weighted by Crippen LogP contribution is -2.28. The number of aryl methyl sites for hydroxylation is 1. The number of aromatic amines is 1. The number of fused-ring (bicyclic) bond motifs is 2. The zero-order valence-electron chi connectivity index (χ0n) is 15.5. The minimum absolute atomic E-state index is 0. The van der Waals surface area contributed by atoms with Crippen molar-refractivity contribution < 1.29 is 4.79 Å². The van der Waals surface area contributed by atoms with Crippen LogP contribution in [0.4, 0.5) is 5.82 Å². The van der Waals surface area contributed by atoms with Crippen molar-refractivity contribution in [2.45, 2.75) is 37.5 Å². The average molecular weight is 391 g/mol. The lowest BCUT2D eigenvalue weighted by Gasteiger charge is -2.19.